The Morgan fingerprint density at radius 1 is 1.26 bits per heavy atom. The molecule has 19 heavy (non-hydrogen) atoms. The van der Waals surface area contributed by atoms with Crippen molar-refractivity contribution in [3.8, 4) is 5.75 Å². The zero-order valence-electron chi connectivity index (χ0n) is 10.5. The largest absolute Gasteiger partial charge is 0.481 e. The van der Waals surface area contributed by atoms with E-state index in [-0.39, 0.29) is 17.6 Å². The van der Waals surface area contributed by atoms with Crippen LogP contribution in [0.15, 0.2) is 24.3 Å². The minimum Gasteiger partial charge on any atom is -0.481 e. The Balaban J connectivity index is 1.78. The highest BCUT2D eigenvalue weighted by Gasteiger charge is 2.30. The SMILES string of the molecule is CC(Oc1ccc(F)cc1)C(=O)NNC(=O)C1CC1. The zero-order chi connectivity index (χ0) is 13.8. The molecule has 0 aliphatic heterocycles. The lowest BCUT2D eigenvalue weighted by atomic mass is 10.3. The van der Waals surface area contributed by atoms with Crippen molar-refractivity contribution < 1.29 is 18.7 Å². The van der Waals surface area contributed by atoms with E-state index in [1.807, 2.05) is 0 Å². The van der Waals surface area contributed by atoms with Gasteiger partial charge in [-0.25, -0.2) is 4.39 Å². The molecule has 5 nitrogen and oxygen atoms in total. The smallest absolute Gasteiger partial charge is 0.279 e. The van der Waals surface area contributed by atoms with Crippen molar-refractivity contribution in [1.29, 1.82) is 0 Å². The Morgan fingerprint density at radius 3 is 2.47 bits per heavy atom. The second-order valence-corrected chi connectivity index (χ2v) is 4.47. The number of rotatable bonds is 4. The summed E-state index contributed by atoms with van der Waals surface area (Å²) in [6.45, 7) is 1.54. The molecule has 1 aliphatic carbocycles. The molecule has 1 fully saturated rings. The average Bonchev–Trinajstić information content (AvgIpc) is 3.22. The van der Waals surface area contributed by atoms with E-state index >= 15 is 0 Å². The molecule has 0 heterocycles. The molecule has 1 aliphatic rings. The van der Waals surface area contributed by atoms with Gasteiger partial charge in [0.05, 0.1) is 0 Å². The fraction of sp³-hybridized carbons (Fsp3) is 0.385. The molecule has 6 heteroatoms. The van der Waals surface area contributed by atoms with Crippen LogP contribution >= 0.6 is 0 Å². The lowest BCUT2D eigenvalue weighted by molar-refractivity contribution is -0.133. The molecule has 1 unspecified atom stereocenters. The third-order valence-electron chi connectivity index (χ3n) is 2.75. The molecule has 2 amide bonds. The number of benzene rings is 1. The van der Waals surface area contributed by atoms with E-state index in [4.69, 9.17) is 4.74 Å². The number of nitrogens with one attached hydrogen (secondary N) is 2. The summed E-state index contributed by atoms with van der Waals surface area (Å²) in [5.41, 5.74) is 4.64. The fourth-order valence-corrected chi connectivity index (χ4v) is 1.44. The van der Waals surface area contributed by atoms with Crippen molar-refractivity contribution in [2.75, 3.05) is 0 Å². The van der Waals surface area contributed by atoms with Gasteiger partial charge < -0.3 is 4.74 Å². The van der Waals surface area contributed by atoms with Gasteiger partial charge in [0.15, 0.2) is 6.10 Å². The van der Waals surface area contributed by atoms with Gasteiger partial charge in [-0.05, 0) is 44.0 Å². The number of halogens is 1. The van der Waals surface area contributed by atoms with E-state index in [1.165, 1.54) is 24.3 Å². The molecular formula is C13H15FN2O3. The van der Waals surface area contributed by atoms with Crippen molar-refractivity contribution >= 4 is 11.8 Å². The van der Waals surface area contributed by atoms with Crippen LogP contribution in [0.3, 0.4) is 0 Å². The van der Waals surface area contributed by atoms with E-state index in [0.717, 1.165) is 12.8 Å². The minimum atomic E-state index is -0.787. The summed E-state index contributed by atoms with van der Waals surface area (Å²) >= 11 is 0. The van der Waals surface area contributed by atoms with Gasteiger partial charge in [0, 0.05) is 5.92 Å². The summed E-state index contributed by atoms with van der Waals surface area (Å²) in [4.78, 5) is 23.0. The molecule has 1 aromatic carbocycles. The van der Waals surface area contributed by atoms with Crippen LogP contribution in [0, 0.1) is 11.7 Å². The molecule has 1 aromatic rings. The second-order valence-electron chi connectivity index (χ2n) is 4.47. The molecule has 102 valence electrons. The van der Waals surface area contributed by atoms with E-state index in [9.17, 15) is 14.0 Å². The Kier molecular flexibility index (Phi) is 3.99. The second kappa shape index (κ2) is 5.69. The van der Waals surface area contributed by atoms with E-state index < -0.39 is 12.0 Å². The maximum Gasteiger partial charge on any atom is 0.279 e. The first-order chi connectivity index (χ1) is 9.06. The van der Waals surface area contributed by atoms with Gasteiger partial charge in [-0.1, -0.05) is 0 Å². The van der Waals surface area contributed by atoms with E-state index in [0.29, 0.717) is 5.75 Å². The number of hydrogen-bond acceptors (Lipinski definition) is 3. The highest BCUT2D eigenvalue weighted by atomic mass is 19.1. The maximum absolute atomic E-state index is 12.7. The topological polar surface area (TPSA) is 67.4 Å². The lowest BCUT2D eigenvalue weighted by Crippen LogP contribution is -2.47. The summed E-state index contributed by atoms with van der Waals surface area (Å²) < 4.78 is 18.0. The van der Waals surface area contributed by atoms with Gasteiger partial charge in [0.25, 0.3) is 5.91 Å². The third-order valence-corrected chi connectivity index (χ3v) is 2.75. The summed E-state index contributed by atoms with van der Waals surface area (Å²) in [7, 11) is 0. The summed E-state index contributed by atoms with van der Waals surface area (Å²) in [6.07, 6.45) is 0.942. The Morgan fingerprint density at radius 2 is 1.89 bits per heavy atom. The maximum atomic E-state index is 12.7. The van der Waals surface area contributed by atoms with Crippen molar-refractivity contribution in [2.45, 2.75) is 25.9 Å². The first-order valence-corrected chi connectivity index (χ1v) is 6.08. The van der Waals surface area contributed by atoms with Crippen LogP contribution in [-0.4, -0.2) is 17.9 Å². The van der Waals surface area contributed by atoms with Crippen molar-refractivity contribution in [3.63, 3.8) is 0 Å². The quantitative estimate of drug-likeness (QED) is 0.803. The van der Waals surface area contributed by atoms with Crippen LogP contribution in [0.5, 0.6) is 5.75 Å². The average molecular weight is 266 g/mol. The predicted molar refractivity (Wildman–Crippen MR) is 65.5 cm³/mol. The number of carbonyl (C=O) groups is 2. The standard InChI is InChI=1S/C13H15FN2O3/c1-8(19-11-6-4-10(14)5-7-11)12(17)15-16-13(18)9-2-3-9/h4-9H,2-3H2,1H3,(H,15,17)(H,16,18). The van der Waals surface area contributed by atoms with Crippen LogP contribution in [0.1, 0.15) is 19.8 Å². The van der Waals surface area contributed by atoms with E-state index in [1.54, 1.807) is 6.92 Å². The molecule has 0 bridgehead atoms. The molecule has 0 saturated heterocycles. The van der Waals surface area contributed by atoms with Crippen molar-refractivity contribution in [3.05, 3.63) is 30.1 Å². The highest BCUT2D eigenvalue weighted by molar-refractivity contribution is 5.86. The molecule has 0 aromatic heterocycles. The number of amides is 2. The highest BCUT2D eigenvalue weighted by Crippen LogP contribution is 2.28. The molecule has 1 saturated carbocycles. The summed E-state index contributed by atoms with van der Waals surface area (Å²) in [6, 6.07) is 5.35. The first-order valence-electron chi connectivity index (χ1n) is 6.08. The Bertz CT molecular complexity index is 471. The van der Waals surface area contributed by atoms with Crippen LogP contribution in [0.25, 0.3) is 0 Å². The number of carbonyl (C=O) groups excluding carboxylic acids is 2. The molecular weight excluding hydrogens is 251 g/mol. The fourth-order valence-electron chi connectivity index (χ4n) is 1.44. The monoisotopic (exact) mass is 266 g/mol. The minimum absolute atomic E-state index is 0.0219. The van der Waals surface area contributed by atoms with Gasteiger partial charge >= 0.3 is 0 Å². The van der Waals surface area contributed by atoms with Crippen LogP contribution in [-0.2, 0) is 9.59 Å². The van der Waals surface area contributed by atoms with Gasteiger partial charge in [-0.2, -0.15) is 0 Å². The lowest BCUT2D eigenvalue weighted by Gasteiger charge is -2.15. The third kappa shape index (κ3) is 3.94. The van der Waals surface area contributed by atoms with E-state index in [2.05, 4.69) is 10.9 Å². The molecule has 1 atom stereocenters. The van der Waals surface area contributed by atoms with Crippen molar-refractivity contribution in [1.82, 2.24) is 10.9 Å². The molecule has 0 spiro atoms. The number of ether oxygens (including phenoxy) is 1. The first kappa shape index (κ1) is 13.3. The van der Waals surface area contributed by atoms with Crippen molar-refractivity contribution in [2.24, 2.45) is 5.92 Å². The normalized spacial score (nSPS) is 15.5. The molecule has 2 rings (SSSR count). The van der Waals surface area contributed by atoms with Gasteiger partial charge in [0.1, 0.15) is 11.6 Å². The Labute approximate surface area is 110 Å². The predicted octanol–water partition coefficient (Wildman–Crippen LogP) is 1.15. The number of hydrazine groups is 1. The Hall–Kier alpha value is -2.11. The number of hydrogen-bond donors (Lipinski definition) is 2. The molecule has 2 N–H and O–H groups in total. The van der Waals surface area contributed by atoms with Crippen LogP contribution < -0.4 is 15.6 Å². The summed E-state index contributed by atoms with van der Waals surface area (Å²) in [5, 5.41) is 0. The summed E-state index contributed by atoms with van der Waals surface area (Å²) in [5.74, 6) is -0.604. The van der Waals surface area contributed by atoms with Crippen LogP contribution in [0.2, 0.25) is 0 Å². The van der Waals surface area contributed by atoms with Gasteiger partial charge in [-0.3, -0.25) is 20.4 Å². The van der Waals surface area contributed by atoms with Gasteiger partial charge in [0.2, 0.25) is 5.91 Å². The van der Waals surface area contributed by atoms with Crippen LogP contribution in [0.4, 0.5) is 4.39 Å². The molecule has 0 radical (unpaired) electrons. The van der Waals surface area contributed by atoms with Gasteiger partial charge in [-0.15, -0.1) is 0 Å². The zero-order valence-corrected chi connectivity index (χ0v) is 10.5.